The van der Waals surface area contributed by atoms with Crippen molar-refractivity contribution in [2.75, 3.05) is 7.11 Å². The molecule has 164 valence electrons. The highest BCUT2D eigenvalue weighted by atomic mass is 28.4. The van der Waals surface area contributed by atoms with Crippen molar-refractivity contribution in [2.45, 2.75) is 65.5 Å². The molecular formula is C26H38O3Si. The number of hydrogen-bond donors (Lipinski definition) is 0. The second kappa shape index (κ2) is 9.84. The van der Waals surface area contributed by atoms with Gasteiger partial charge in [-0.05, 0) is 48.3 Å². The molecule has 0 bridgehead atoms. The number of methoxy groups -OCH3 is 1. The van der Waals surface area contributed by atoms with Crippen molar-refractivity contribution in [1.29, 1.82) is 0 Å². The molecule has 1 unspecified atom stereocenters. The monoisotopic (exact) mass is 426 g/mol. The van der Waals surface area contributed by atoms with Crippen LogP contribution >= 0.6 is 0 Å². The standard InChI is InChI=1S/C26H38O3Si/c1-19(2)20(3)25(29-30(8,9)26(4,5)6)22-15-16-23(24(17-22)27-7)28-18-21-13-11-10-12-14-21/h10-17,20,25H,1,18H2,2-9H3/t20?,25-/m0/s1. The first-order valence-corrected chi connectivity index (χ1v) is 13.5. The zero-order valence-electron chi connectivity index (χ0n) is 19.9. The Hall–Kier alpha value is -2.04. The summed E-state index contributed by atoms with van der Waals surface area (Å²) < 4.78 is 18.6. The van der Waals surface area contributed by atoms with Gasteiger partial charge in [-0.1, -0.05) is 76.2 Å². The van der Waals surface area contributed by atoms with E-state index in [4.69, 9.17) is 13.9 Å². The van der Waals surface area contributed by atoms with Crippen LogP contribution in [0.2, 0.25) is 18.1 Å². The topological polar surface area (TPSA) is 27.7 Å². The minimum absolute atomic E-state index is 0.0690. The molecule has 0 spiro atoms. The van der Waals surface area contributed by atoms with Crippen LogP contribution in [0.15, 0.2) is 60.7 Å². The van der Waals surface area contributed by atoms with Gasteiger partial charge in [-0.2, -0.15) is 0 Å². The Morgan fingerprint density at radius 1 is 1.03 bits per heavy atom. The lowest BCUT2D eigenvalue weighted by atomic mass is 9.92. The lowest BCUT2D eigenvalue weighted by Gasteiger charge is -2.41. The molecule has 0 amide bonds. The van der Waals surface area contributed by atoms with E-state index >= 15 is 0 Å². The van der Waals surface area contributed by atoms with Crippen molar-refractivity contribution in [1.82, 2.24) is 0 Å². The molecule has 0 aliphatic heterocycles. The van der Waals surface area contributed by atoms with Crippen molar-refractivity contribution in [3.8, 4) is 11.5 Å². The molecule has 0 aliphatic rings. The van der Waals surface area contributed by atoms with Crippen LogP contribution in [0.4, 0.5) is 0 Å². The van der Waals surface area contributed by atoms with E-state index in [0.717, 1.165) is 28.2 Å². The molecule has 2 rings (SSSR count). The molecule has 0 N–H and O–H groups in total. The van der Waals surface area contributed by atoms with Crippen LogP contribution in [0.25, 0.3) is 0 Å². The average molecular weight is 427 g/mol. The minimum Gasteiger partial charge on any atom is -0.493 e. The number of benzene rings is 2. The van der Waals surface area contributed by atoms with Gasteiger partial charge in [0.05, 0.1) is 13.2 Å². The van der Waals surface area contributed by atoms with E-state index in [2.05, 4.69) is 78.6 Å². The summed E-state index contributed by atoms with van der Waals surface area (Å²) in [6.45, 7) is 20.3. The van der Waals surface area contributed by atoms with Crippen molar-refractivity contribution >= 4 is 8.32 Å². The van der Waals surface area contributed by atoms with E-state index in [-0.39, 0.29) is 17.1 Å². The van der Waals surface area contributed by atoms with Gasteiger partial charge < -0.3 is 13.9 Å². The van der Waals surface area contributed by atoms with E-state index in [1.807, 2.05) is 24.3 Å². The van der Waals surface area contributed by atoms with Crippen LogP contribution in [0.3, 0.4) is 0 Å². The van der Waals surface area contributed by atoms with Crippen LogP contribution in [-0.4, -0.2) is 15.4 Å². The number of rotatable bonds is 9. The molecule has 0 radical (unpaired) electrons. The molecule has 2 atom stereocenters. The molecule has 0 saturated heterocycles. The summed E-state index contributed by atoms with van der Waals surface area (Å²) in [4.78, 5) is 0. The quantitative estimate of drug-likeness (QED) is 0.306. The molecule has 4 heteroatoms. The van der Waals surface area contributed by atoms with Crippen LogP contribution in [0.5, 0.6) is 11.5 Å². The molecule has 0 heterocycles. The Morgan fingerprint density at radius 3 is 2.20 bits per heavy atom. The van der Waals surface area contributed by atoms with Gasteiger partial charge in [0.25, 0.3) is 0 Å². The van der Waals surface area contributed by atoms with Gasteiger partial charge in [0.1, 0.15) is 6.61 Å². The summed E-state index contributed by atoms with van der Waals surface area (Å²) in [7, 11) is -0.292. The molecule has 2 aromatic carbocycles. The molecular weight excluding hydrogens is 388 g/mol. The first kappa shape index (κ1) is 24.2. The second-order valence-corrected chi connectivity index (χ2v) is 14.4. The van der Waals surface area contributed by atoms with Crippen LogP contribution in [0.1, 0.15) is 51.8 Å². The third-order valence-electron chi connectivity index (χ3n) is 6.21. The Morgan fingerprint density at radius 2 is 1.67 bits per heavy atom. The highest BCUT2D eigenvalue weighted by molar-refractivity contribution is 6.74. The van der Waals surface area contributed by atoms with Crippen molar-refractivity contribution in [2.24, 2.45) is 5.92 Å². The van der Waals surface area contributed by atoms with Gasteiger partial charge in [-0.3, -0.25) is 0 Å². The third-order valence-corrected chi connectivity index (χ3v) is 10.7. The lowest BCUT2D eigenvalue weighted by molar-refractivity contribution is 0.142. The van der Waals surface area contributed by atoms with E-state index in [9.17, 15) is 0 Å². The second-order valence-electron chi connectivity index (χ2n) is 9.62. The Kier molecular flexibility index (Phi) is 7.95. The number of hydrogen-bond acceptors (Lipinski definition) is 3. The highest BCUT2D eigenvalue weighted by Gasteiger charge is 2.40. The summed E-state index contributed by atoms with van der Waals surface area (Å²) in [6, 6.07) is 16.3. The summed E-state index contributed by atoms with van der Waals surface area (Å²) >= 11 is 0. The highest BCUT2D eigenvalue weighted by Crippen LogP contribution is 2.44. The Labute approximate surface area is 184 Å². The largest absolute Gasteiger partial charge is 0.493 e. The molecule has 2 aromatic rings. The zero-order valence-corrected chi connectivity index (χ0v) is 20.9. The third kappa shape index (κ3) is 5.99. The van der Waals surface area contributed by atoms with Crippen molar-refractivity contribution in [3.05, 3.63) is 71.8 Å². The van der Waals surface area contributed by atoms with E-state index in [1.165, 1.54) is 0 Å². The van der Waals surface area contributed by atoms with E-state index in [1.54, 1.807) is 7.11 Å². The predicted octanol–water partition coefficient (Wildman–Crippen LogP) is 7.55. The van der Waals surface area contributed by atoms with Crippen molar-refractivity contribution < 1.29 is 13.9 Å². The smallest absolute Gasteiger partial charge is 0.192 e. The van der Waals surface area contributed by atoms with Gasteiger partial charge >= 0.3 is 0 Å². The zero-order chi connectivity index (χ0) is 22.5. The van der Waals surface area contributed by atoms with Crippen molar-refractivity contribution in [3.63, 3.8) is 0 Å². The summed E-state index contributed by atoms with van der Waals surface area (Å²) in [5.74, 6) is 1.65. The van der Waals surface area contributed by atoms with Gasteiger partial charge in [0.2, 0.25) is 0 Å². The predicted molar refractivity (Wildman–Crippen MR) is 129 cm³/mol. The first-order valence-electron chi connectivity index (χ1n) is 10.6. The maximum absolute atomic E-state index is 6.86. The maximum Gasteiger partial charge on any atom is 0.192 e. The SMILES string of the molecule is C=C(C)C(C)[C@H](O[Si](C)(C)C(C)(C)C)c1ccc(OCc2ccccc2)c(OC)c1. The van der Waals surface area contributed by atoms with Crippen LogP contribution in [0, 0.1) is 5.92 Å². The van der Waals surface area contributed by atoms with Gasteiger partial charge in [0.15, 0.2) is 19.8 Å². The maximum atomic E-state index is 6.86. The first-order chi connectivity index (χ1) is 14.0. The summed E-state index contributed by atoms with van der Waals surface area (Å²) in [6.07, 6.45) is -0.0690. The Balaban J connectivity index is 2.33. The molecule has 0 fully saturated rings. The fourth-order valence-electron chi connectivity index (χ4n) is 2.93. The lowest BCUT2D eigenvalue weighted by Crippen LogP contribution is -2.43. The summed E-state index contributed by atoms with van der Waals surface area (Å²) in [5, 5.41) is 0.128. The fraction of sp³-hybridized carbons (Fsp3) is 0.462. The summed E-state index contributed by atoms with van der Waals surface area (Å²) in [5.41, 5.74) is 3.33. The molecule has 0 aliphatic carbocycles. The van der Waals surface area contributed by atoms with Gasteiger partial charge in [-0.15, -0.1) is 0 Å². The minimum atomic E-state index is -1.97. The van der Waals surface area contributed by atoms with Gasteiger partial charge in [0, 0.05) is 5.92 Å². The van der Waals surface area contributed by atoms with Crippen LogP contribution in [-0.2, 0) is 11.0 Å². The average Bonchev–Trinajstić information content (AvgIpc) is 2.69. The van der Waals surface area contributed by atoms with Gasteiger partial charge in [-0.25, -0.2) is 0 Å². The molecule has 0 saturated carbocycles. The van der Waals surface area contributed by atoms with E-state index in [0.29, 0.717) is 6.61 Å². The molecule has 30 heavy (non-hydrogen) atoms. The molecule has 0 aromatic heterocycles. The fourth-order valence-corrected chi connectivity index (χ4v) is 4.26. The van der Waals surface area contributed by atoms with E-state index < -0.39 is 8.32 Å². The normalized spacial score (nSPS) is 14.1. The number of ether oxygens (including phenoxy) is 2. The molecule has 3 nitrogen and oxygen atoms in total. The van der Waals surface area contributed by atoms with Crippen LogP contribution < -0.4 is 9.47 Å². The Bertz CT molecular complexity index is 837.